The summed E-state index contributed by atoms with van der Waals surface area (Å²) in [7, 11) is 0. The number of carboxylic acid groups (broad SMARTS) is 1. The van der Waals surface area contributed by atoms with Gasteiger partial charge in [0, 0.05) is 6.54 Å². The van der Waals surface area contributed by atoms with Crippen LogP contribution < -0.4 is 4.74 Å². The first-order valence-corrected chi connectivity index (χ1v) is 7.12. The molecule has 5 heteroatoms. The van der Waals surface area contributed by atoms with E-state index in [0.717, 1.165) is 5.56 Å². The lowest BCUT2D eigenvalue weighted by atomic mass is 10.0. The van der Waals surface area contributed by atoms with E-state index in [0.29, 0.717) is 18.2 Å². The van der Waals surface area contributed by atoms with Gasteiger partial charge in [-0.3, -0.25) is 9.59 Å². The Kier molecular flexibility index (Phi) is 6.21. The number of carboxylic acids is 1. The average molecular weight is 293 g/mol. The smallest absolute Gasteiger partial charge is 0.323 e. The summed E-state index contributed by atoms with van der Waals surface area (Å²) in [4.78, 5) is 24.2. The molecule has 0 aliphatic heterocycles. The van der Waals surface area contributed by atoms with E-state index in [4.69, 9.17) is 9.84 Å². The molecular weight excluding hydrogens is 270 g/mol. The van der Waals surface area contributed by atoms with E-state index >= 15 is 0 Å². The molecule has 1 unspecified atom stereocenters. The second-order valence-corrected chi connectivity index (χ2v) is 5.23. The fourth-order valence-electron chi connectivity index (χ4n) is 1.97. The van der Waals surface area contributed by atoms with Gasteiger partial charge in [0.1, 0.15) is 12.3 Å². The summed E-state index contributed by atoms with van der Waals surface area (Å²) in [5, 5.41) is 8.80. The van der Waals surface area contributed by atoms with Crippen molar-refractivity contribution in [3.05, 3.63) is 29.8 Å². The Balaban J connectivity index is 2.75. The van der Waals surface area contributed by atoms with Crippen molar-refractivity contribution in [1.82, 2.24) is 4.90 Å². The van der Waals surface area contributed by atoms with E-state index in [1.54, 1.807) is 19.9 Å². The number of hydrogen-bond acceptors (Lipinski definition) is 3. The van der Waals surface area contributed by atoms with Gasteiger partial charge in [-0.2, -0.15) is 0 Å². The molecule has 0 aliphatic carbocycles. The van der Waals surface area contributed by atoms with Crippen LogP contribution in [0.4, 0.5) is 0 Å². The predicted molar refractivity (Wildman–Crippen MR) is 80.5 cm³/mol. The number of carbonyl (C=O) groups excluding carboxylic acids is 1. The largest absolute Gasteiger partial charge is 0.481 e. The van der Waals surface area contributed by atoms with E-state index in [2.05, 4.69) is 13.8 Å². The zero-order chi connectivity index (χ0) is 16.0. The van der Waals surface area contributed by atoms with Gasteiger partial charge in [0.2, 0.25) is 0 Å². The standard InChI is InChI=1S/C16H23NO4/c1-5-17(10-15(18)19)16(20)12(4)21-14-8-6-7-13(9-14)11(2)3/h6-9,11-12H,5,10H2,1-4H3,(H,18,19). The molecule has 1 rings (SSSR count). The molecule has 21 heavy (non-hydrogen) atoms. The van der Waals surface area contributed by atoms with Gasteiger partial charge in [-0.1, -0.05) is 26.0 Å². The number of ether oxygens (including phenoxy) is 1. The highest BCUT2D eigenvalue weighted by Crippen LogP contribution is 2.21. The van der Waals surface area contributed by atoms with E-state index in [1.165, 1.54) is 4.90 Å². The van der Waals surface area contributed by atoms with Crippen LogP contribution in [0.15, 0.2) is 24.3 Å². The molecule has 0 spiro atoms. The van der Waals surface area contributed by atoms with E-state index in [1.807, 2.05) is 18.2 Å². The van der Waals surface area contributed by atoms with Crippen molar-refractivity contribution < 1.29 is 19.4 Å². The molecule has 0 aromatic heterocycles. The number of rotatable bonds is 7. The van der Waals surface area contributed by atoms with Gasteiger partial charge < -0.3 is 14.7 Å². The van der Waals surface area contributed by atoms with Gasteiger partial charge in [0.05, 0.1) is 0 Å². The van der Waals surface area contributed by atoms with E-state index in [9.17, 15) is 9.59 Å². The van der Waals surface area contributed by atoms with Crippen LogP contribution in [0.5, 0.6) is 5.75 Å². The van der Waals surface area contributed by atoms with E-state index < -0.39 is 12.1 Å². The monoisotopic (exact) mass is 293 g/mol. The lowest BCUT2D eigenvalue weighted by Gasteiger charge is -2.23. The first kappa shape index (κ1) is 17.0. The Morgan fingerprint density at radius 1 is 1.29 bits per heavy atom. The van der Waals surface area contributed by atoms with Crippen molar-refractivity contribution in [3.8, 4) is 5.75 Å². The minimum absolute atomic E-state index is 0.310. The molecule has 0 radical (unpaired) electrons. The van der Waals surface area contributed by atoms with Gasteiger partial charge in [-0.25, -0.2) is 0 Å². The first-order valence-electron chi connectivity index (χ1n) is 7.12. The van der Waals surface area contributed by atoms with Crippen LogP contribution >= 0.6 is 0 Å². The molecule has 0 saturated heterocycles. The van der Waals surface area contributed by atoms with Crippen molar-refractivity contribution in [1.29, 1.82) is 0 Å². The highest BCUT2D eigenvalue weighted by Gasteiger charge is 2.22. The maximum absolute atomic E-state index is 12.2. The zero-order valence-corrected chi connectivity index (χ0v) is 13.0. The molecule has 0 heterocycles. The normalized spacial score (nSPS) is 12.0. The Bertz CT molecular complexity index is 499. The van der Waals surface area contributed by atoms with Crippen molar-refractivity contribution in [2.45, 2.75) is 39.7 Å². The molecule has 1 aromatic rings. The van der Waals surface area contributed by atoms with Crippen LogP contribution in [0.2, 0.25) is 0 Å². The summed E-state index contributed by atoms with van der Waals surface area (Å²) in [6.45, 7) is 7.57. The summed E-state index contributed by atoms with van der Waals surface area (Å²) >= 11 is 0. The van der Waals surface area contributed by atoms with Crippen LogP contribution in [0.3, 0.4) is 0 Å². The molecule has 0 fully saturated rings. The third-order valence-corrected chi connectivity index (χ3v) is 3.20. The summed E-state index contributed by atoms with van der Waals surface area (Å²) < 4.78 is 5.65. The van der Waals surface area contributed by atoms with Gasteiger partial charge in [0.15, 0.2) is 6.10 Å². The number of likely N-dealkylation sites (N-methyl/N-ethyl adjacent to an activating group) is 1. The molecule has 0 saturated carbocycles. The Morgan fingerprint density at radius 2 is 1.95 bits per heavy atom. The SMILES string of the molecule is CCN(CC(=O)O)C(=O)C(C)Oc1cccc(C(C)C)c1. The molecule has 0 bridgehead atoms. The first-order chi connectivity index (χ1) is 9.85. The highest BCUT2D eigenvalue weighted by atomic mass is 16.5. The molecule has 116 valence electrons. The van der Waals surface area contributed by atoms with Gasteiger partial charge >= 0.3 is 5.97 Å². The number of carbonyl (C=O) groups is 2. The lowest BCUT2D eigenvalue weighted by Crippen LogP contribution is -2.43. The second-order valence-electron chi connectivity index (χ2n) is 5.23. The number of nitrogens with zero attached hydrogens (tertiary/aromatic N) is 1. The number of amides is 1. The van der Waals surface area contributed by atoms with Crippen molar-refractivity contribution in [3.63, 3.8) is 0 Å². The van der Waals surface area contributed by atoms with Crippen LogP contribution in [-0.4, -0.2) is 41.1 Å². The average Bonchev–Trinajstić information content (AvgIpc) is 2.43. The van der Waals surface area contributed by atoms with Crippen molar-refractivity contribution in [2.75, 3.05) is 13.1 Å². The Morgan fingerprint density at radius 3 is 2.48 bits per heavy atom. The Hall–Kier alpha value is -2.04. The van der Waals surface area contributed by atoms with Crippen LogP contribution in [0.25, 0.3) is 0 Å². The van der Waals surface area contributed by atoms with Crippen LogP contribution in [0.1, 0.15) is 39.2 Å². The number of benzene rings is 1. The van der Waals surface area contributed by atoms with Gasteiger partial charge in [-0.15, -0.1) is 0 Å². The summed E-state index contributed by atoms with van der Waals surface area (Å²) in [5.74, 6) is -0.360. The number of hydrogen-bond donors (Lipinski definition) is 1. The zero-order valence-electron chi connectivity index (χ0n) is 13.0. The molecular formula is C16H23NO4. The summed E-state index contributed by atoms with van der Waals surface area (Å²) in [6.07, 6.45) is -0.716. The number of aliphatic carboxylic acids is 1. The van der Waals surface area contributed by atoms with Crippen LogP contribution in [-0.2, 0) is 9.59 Å². The third-order valence-electron chi connectivity index (χ3n) is 3.20. The molecule has 1 amide bonds. The lowest BCUT2D eigenvalue weighted by molar-refractivity contribution is -0.147. The van der Waals surface area contributed by atoms with E-state index in [-0.39, 0.29) is 12.5 Å². The highest BCUT2D eigenvalue weighted by molar-refractivity contribution is 5.84. The third kappa shape index (κ3) is 5.10. The fraction of sp³-hybridized carbons (Fsp3) is 0.500. The van der Waals surface area contributed by atoms with Crippen LogP contribution in [0, 0.1) is 0 Å². The van der Waals surface area contributed by atoms with Gasteiger partial charge in [0.25, 0.3) is 5.91 Å². The summed E-state index contributed by atoms with van der Waals surface area (Å²) in [6, 6.07) is 7.59. The molecule has 1 aromatic carbocycles. The fourth-order valence-corrected chi connectivity index (χ4v) is 1.97. The molecule has 0 aliphatic rings. The van der Waals surface area contributed by atoms with Crippen molar-refractivity contribution >= 4 is 11.9 Å². The predicted octanol–water partition coefficient (Wildman–Crippen LogP) is 2.51. The molecule has 5 nitrogen and oxygen atoms in total. The molecule has 1 atom stereocenters. The molecule has 1 N–H and O–H groups in total. The topological polar surface area (TPSA) is 66.8 Å². The quantitative estimate of drug-likeness (QED) is 0.839. The second kappa shape index (κ2) is 7.67. The maximum atomic E-state index is 12.2. The summed E-state index contributed by atoms with van der Waals surface area (Å²) in [5.41, 5.74) is 1.13. The van der Waals surface area contributed by atoms with Gasteiger partial charge in [-0.05, 0) is 37.5 Å². The minimum Gasteiger partial charge on any atom is -0.481 e. The van der Waals surface area contributed by atoms with Crippen molar-refractivity contribution in [2.24, 2.45) is 0 Å². The minimum atomic E-state index is -1.03. The maximum Gasteiger partial charge on any atom is 0.323 e. The Labute approximate surface area is 125 Å².